The molecule has 8 nitrogen and oxygen atoms in total. The lowest BCUT2D eigenvalue weighted by Gasteiger charge is -2.30. The van der Waals surface area contributed by atoms with E-state index in [2.05, 4.69) is 55.6 Å². The van der Waals surface area contributed by atoms with Gasteiger partial charge >= 0.3 is 0 Å². The van der Waals surface area contributed by atoms with Crippen LogP contribution in [0.2, 0.25) is 0 Å². The second-order valence-electron chi connectivity index (χ2n) is 24.5. The van der Waals surface area contributed by atoms with E-state index in [1.807, 2.05) is 21.1 Å². The third-order valence-corrected chi connectivity index (χ3v) is 16.6. The molecule has 3 atom stereocenters. The number of aliphatic hydroxyl groups excluding tert-OH is 1. The average Bonchev–Trinajstić information content (AvgIpc) is 3.39. The van der Waals surface area contributed by atoms with Gasteiger partial charge in [-0.2, -0.15) is 0 Å². The summed E-state index contributed by atoms with van der Waals surface area (Å²) < 4.78 is 23.4. The molecule has 0 rings (SSSR count). The fourth-order valence-electron chi connectivity index (χ4n) is 10.3. The molecular weight excluding hydrogens is 972 g/mol. The topological polar surface area (TPSA) is 108 Å². The van der Waals surface area contributed by atoms with Crippen molar-refractivity contribution in [1.29, 1.82) is 0 Å². The Labute approximate surface area is 480 Å². The van der Waals surface area contributed by atoms with E-state index in [9.17, 15) is 19.4 Å². The number of quaternary nitrogens is 1. The van der Waals surface area contributed by atoms with Crippen molar-refractivity contribution in [3.63, 3.8) is 0 Å². The lowest BCUT2D eigenvalue weighted by atomic mass is 10.0. The van der Waals surface area contributed by atoms with E-state index in [4.69, 9.17) is 9.05 Å². The van der Waals surface area contributed by atoms with Crippen LogP contribution in [0.15, 0.2) is 36.5 Å². The third-order valence-electron chi connectivity index (χ3n) is 15.6. The molecule has 0 saturated carbocycles. The first-order valence-electron chi connectivity index (χ1n) is 33.8. The van der Waals surface area contributed by atoms with Crippen LogP contribution in [0.25, 0.3) is 0 Å². The molecule has 2 N–H and O–H groups in total. The number of phosphoric acid groups is 1. The molecule has 0 aliphatic carbocycles. The lowest BCUT2D eigenvalue weighted by Crippen LogP contribution is -2.46. The normalized spacial score (nSPS) is 13.9. The first kappa shape index (κ1) is 75.7. The van der Waals surface area contributed by atoms with E-state index in [-0.39, 0.29) is 19.1 Å². The van der Waals surface area contributed by atoms with E-state index in [1.165, 1.54) is 263 Å². The zero-order valence-corrected chi connectivity index (χ0v) is 53.1. The summed E-state index contributed by atoms with van der Waals surface area (Å²) in [5, 5.41) is 14.0. The molecule has 0 aliphatic heterocycles. The maximum atomic E-state index is 13.0. The van der Waals surface area contributed by atoms with Crippen LogP contribution < -0.4 is 10.2 Å². The number of hydrogen-bond acceptors (Lipinski definition) is 6. The third kappa shape index (κ3) is 62.2. The van der Waals surface area contributed by atoms with Crippen LogP contribution >= 0.6 is 7.82 Å². The fraction of sp³-hybridized carbons (Fsp3) is 0.897. The van der Waals surface area contributed by atoms with E-state index in [1.54, 1.807) is 0 Å². The van der Waals surface area contributed by atoms with Crippen LogP contribution in [0, 0.1) is 0 Å². The summed E-state index contributed by atoms with van der Waals surface area (Å²) in [6.07, 6.45) is 78.0. The number of rotatable bonds is 63. The largest absolute Gasteiger partial charge is 0.756 e. The van der Waals surface area contributed by atoms with Crippen molar-refractivity contribution in [2.75, 3.05) is 40.9 Å². The molecule has 0 aromatic rings. The van der Waals surface area contributed by atoms with Crippen molar-refractivity contribution in [2.45, 2.75) is 353 Å². The van der Waals surface area contributed by atoms with Gasteiger partial charge in [-0.05, 0) is 51.4 Å². The highest BCUT2D eigenvalue weighted by atomic mass is 31.2. The minimum absolute atomic E-state index is 0.0147. The minimum Gasteiger partial charge on any atom is -0.756 e. The van der Waals surface area contributed by atoms with Crippen LogP contribution in [-0.2, 0) is 18.4 Å². The number of nitrogens with zero attached hydrogens (tertiary/aromatic N) is 1. The van der Waals surface area contributed by atoms with E-state index in [0.29, 0.717) is 23.9 Å². The van der Waals surface area contributed by atoms with Gasteiger partial charge in [0.2, 0.25) is 5.91 Å². The molecule has 0 heterocycles. The molecule has 0 aromatic carbocycles. The summed E-state index contributed by atoms with van der Waals surface area (Å²) in [7, 11) is 1.32. The van der Waals surface area contributed by atoms with E-state index >= 15 is 0 Å². The van der Waals surface area contributed by atoms with Gasteiger partial charge in [-0.3, -0.25) is 9.36 Å². The predicted octanol–water partition coefficient (Wildman–Crippen LogP) is 20.6. The molecular formula is C68H133N2O6P. The Kier molecular flexibility index (Phi) is 58.4. The van der Waals surface area contributed by atoms with Crippen molar-refractivity contribution < 1.29 is 32.9 Å². The molecule has 0 spiro atoms. The van der Waals surface area contributed by atoms with Crippen molar-refractivity contribution in [3.05, 3.63) is 36.5 Å². The predicted molar refractivity (Wildman–Crippen MR) is 335 cm³/mol. The molecule has 0 fully saturated rings. The molecule has 0 radical (unpaired) electrons. The molecule has 9 heteroatoms. The molecule has 0 saturated heterocycles. The number of hydrogen-bond donors (Lipinski definition) is 2. The summed E-state index contributed by atoms with van der Waals surface area (Å²) in [6, 6.07) is -0.798. The van der Waals surface area contributed by atoms with Gasteiger partial charge in [0.05, 0.1) is 39.9 Å². The van der Waals surface area contributed by atoms with Crippen LogP contribution in [-0.4, -0.2) is 68.5 Å². The first-order valence-corrected chi connectivity index (χ1v) is 35.3. The van der Waals surface area contributed by atoms with Crippen LogP contribution in [0.1, 0.15) is 341 Å². The van der Waals surface area contributed by atoms with Crippen molar-refractivity contribution >= 4 is 13.7 Å². The number of aliphatic hydroxyl groups is 1. The van der Waals surface area contributed by atoms with Crippen molar-refractivity contribution in [1.82, 2.24) is 5.32 Å². The number of nitrogens with one attached hydrogen (secondary N) is 1. The quantitative estimate of drug-likeness (QED) is 0.0272. The molecule has 0 aliphatic rings. The minimum atomic E-state index is -4.57. The summed E-state index contributed by atoms with van der Waals surface area (Å²) in [5.74, 6) is -0.158. The highest BCUT2D eigenvalue weighted by molar-refractivity contribution is 7.45. The molecule has 3 unspecified atom stereocenters. The van der Waals surface area contributed by atoms with Crippen LogP contribution in [0.5, 0.6) is 0 Å². The Morgan fingerprint density at radius 1 is 0.455 bits per heavy atom. The molecule has 456 valence electrons. The lowest BCUT2D eigenvalue weighted by molar-refractivity contribution is -0.870. The number of carbonyl (C=O) groups is 1. The zero-order valence-electron chi connectivity index (χ0n) is 52.2. The van der Waals surface area contributed by atoms with Gasteiger partial charge in [-0.15, -0.1) is 0 Å². The summed E-state index contributed by atoms with van der Waals surface area (Å²) in [6.45, 7) is 4.75. The standard InChI is InChI=1S/C68H133N2O6P/c1-6-8-10-12-14-16-18-20-22-23-24-25-26-27-28-29-30-31-32-33-34-35-36-37-38-39-40-41-42-43-44-45-46-47-48-50-52-54-56-58-60-62-68(72)69-66(65-76-77(73,74)75-64-63-70(3,4)5)67(71)61-59-57-55-53-51-49-21-19-17-15-13-11-9-7-2/h18,20,23-24,26-27,66-67,71H,6-17,19,21-22,25,28-65H2,1-5H3,(H-,69,72,73,74)/b20-18-,24-23-,27-26-. The summed E-state index contributed by atoms with van der Waals surface area (Å²) in [5.41, 5.74) is 0. The maximum Gasteiger partial charge on any atom is 0.268 e. The number of likely N-dealkylation sites (N-methyl/N-ethyl adjacent to an activating group) is 1. The number of allylic oxidation sites excluding steroid dienone is 6. The number of amides is 1. The Hall–Kier alpha value is -1.28. The SMILES string of the molecule is CCCCCCC/C=C\C/C=C\C/C=C\CCCCCCCCCCCCCCCCCCCCCCCCCCCCC(=O)NC(COP(=O)([O-])OCC[N+](C)(C)C)C(O)CCCCCCCCCCCCCCCC. The van der Waals surface area contributed by atoms with Crippen molar-refractivity contribution in [2.24, 2.45) is 0 Å². The number of carbonyl (C=O) groups excluding carboxylic acids is 1. The maximum absolute atomic E-state index is 13.0. The number of unbranched alkanes of at least 4 members (excludes halogenated alkanes) is 44. The molecule has 77 heavy (non-hydrogen) atoms. The Morgan fingerprint density at radius 3 is 1.09 bits per heavy atom. The summed E-state index contributed by atoms with van der Waals surface area (Å²) >= 11 is 0. The van der Waals surface area contributed by atoms with Gasteiger partial charge in [-0.1, -0.05) is 320 Å². The van der Waals surface area contributed by atoms with Gasteiger partial charge in [0, 0.05) is 6.42 Å². The average molecular weight is 1110 g/mol. The smallest absolute Gasteiger partial charge is 0.268 e. The van der Waals surface area contributed by atoms with Gasteiger partial charge in [0.25, 0.3) is 7.82 Å². The fourth-order valence-corrected chi connectivity index (χ4v) is 11.1. The van der Waals surface area contributed by atoms with Gasteiger partial charge in [0.1, 0.15) is 13.2 Å². The summed E-state index contributed by atoms with van der Waals surface area (Å²) in [4.78, 5) is 25.6. The molecule has 1 amide bonds. The molecule has 0 bridgehead atoms. The molecule has 0 aromatic heterocycles. The Bertz CT molecular complexity index is 1350. The van der Waals surface area contributed by atoms with Crippen LogP contribution in [0.3, 0.4) is 0 Å². The Balaban J connectivity index is 3.82. The van der Waals surface area contributed by atoms with Gasteiger partial charge in [0.15, 0.2) is 0 Å². The Morgan fingerprint density at radius 2 is 0.753 bits per heavy atom. The second-order valence-corrected chi connectivity index (χ2v) is 25.9. The second kappa shape index (κ2) is 59.3. The highest BCUT2D eigenvalue weighted by Crippen LogP contribution is 2.38. The monoisotopic (exact) mass is 1100 g/mol. The van der Waals surface area contributed by atoms with Gasteiger partial charge in [-0.25, -0.2) is 0 Å². The van der Waals surface area contributed by atoms with Crippen molar-refractivity contribution in [3.8, 4) is 0 Å². The first-order chi connectivity index (χ1) is 37.5. The highest BCUT2D eigenvalue weighted by Gasteiger charge is 2.24. The zero-order chi connectivity index (χ0) is 56.3. The van der Waals surface area contributed by atoms with Crippen LogP contribution in [0.4, 0.5) is 0 Å². The van der Waals surface area contributed by atoms with E-state index in [0.717, 1.165) is 51.4 Å². The number of phosphoric ester groups is 1. The van der Waals surface area contributed by atoms with E-state index < -0.39 is 20.0 Å². The van der Waals surface area contributed by atoms with Gasteiger partial charge < -0.3 is 28.8 Å².